The van der Waals surface area contributed by atoms with Crippen molar-refractivity contribution in [3.63, 3.8) is 0 Å². The third kappa shape index (κ3) is 2.98. The number of nitrogens with zero attached hydrogens (tertiary/aromatic N) is 1. The van der Waals surface area contributed by atoms with Crippen LogP contribution in [0.5, 0.6) is 0 Å². The van der Waals surface area contributed by atoms with E-state index in [1.807, 2.05) is 6.92 Å². The topological polar surface area (TPSA) is 24.4 Å². The van der Waals surface area contributed by atoms with Crippen LogP contribution < -0.4 is 5.32 Å². The summed E-state index contributed by atoms with van der Waals surface area (Å²) in [5, 5.41) is 3.42. The monoisotopic (exact) mass is 428 g/mol. The number of hydrogen-bond donors (Lipinski definition) is 1. The van der Waals surface area contributed by atoms with Crippen LogP contribution >= 0.6 is 39.7 Å². The van der Waals surface area contributed by atoms with Gasteiger partial charge in [0.1, 0.15) is 22.7 Å². The molecule has 0 radical (unpaired) electrons. The highest BCUT2D eigenvalue weighted by Crippen LogP contribution is 2.36. The predicted molar refractivity (Wildman–Crippen MR) is 101 cm³/mol. The summed E-state index contributed by atoms with van der Waals surface area (Å²) in [6, 6.07) is 6.82. The summed E-state index contributed by atoms with van der Waals surface area (Å²) in [7, 11) is 0. The molecule has 0 saturated carbocycles. The summed E-state index contributed by atoms with van der Waals surface area (Å²) in [4.78, 5) is 5.03. The molecular weight excluding hydrogens is 418 g/mol. The summed E-state index contributed by atoms with van der Waals surface area (Å²) in [5.41, 5.74) is 0.952. The van der Waals surface area contributed by atoms with E-state index in [0.717, 1.165) is 0 Å². The molecule has 1 heterocycles. The minimum Gasteiger partial charge on any atom is -0.348 e. The van der Waals surface area contributed by atoms with Gasteiger partial charge in [-0.1, -0.05) is 36.8 Å². The molecule has 0 saturated heterocycles. The molecule has 0 aromatic heterocycles. The molecule has 124 valence electrons. The van der Waals surface area contributed by atoms with Crippen molar-refractivity contribution in [1.29, 1.82) is 0 Å². The number of anilines is 1. The van der Waals surface area contributed by atoms with Crippen molar-refractivity contribution in [1.82, 2.24) is 0 Å². The summed E-state index contributed by atoms with van der Waals surface area (Å²) in [5.74, 6) is -1.39. The fourth-order valence-corrected chi connectivity index (χ4v) is 3.49. The third-order valence-corrected chi connectivity index (χ3v) is 5.42. The van der Waals surface area contributed by atoms with Crippen LogP contribution in [0.1, 0.15) is 24.5 Å². The van der Waals surface area contributed by atoms with Gasteiger partial charge in [0.2, 0.25) is 0 Å². The van der Waals surface area contributed by atoms with Gasteiger partial charge in [0, 0.05) is 15.7 Å². The van der Waals surface area contributed by atoms with Crippen LogP contribution in [0.25, 0.3) is 0 Å². The van der Waals surface area contributed by atoms with Crippen LogP contribution in [0.15, 0.2) is 39.8 Å². The Kier molecular flexibility index (Phi) is 4.99. The molecule has 1 aliphatic rings. The first-order valence-electron chi connectivity index (χ1n) is 7.25. The van der Waals surface area contributed by atoms with Crippen LogP contribution in [-0.4, -0.2) is 16.7 Å². The lowest BCUT2D eigenvalue weighted by Gasteiger charge is -2.14. The van der Waals surface area contributed by atoms with Gasteiger partial charge in [-0.2, -0.15) is 0 Å². The number of benzene rings is 2. The number of fused-ring (bicyclic) bond motifs is 1. The van der Waals surface area contributed by atoms with E-state index < -0.39 is 17.7 Å². The number of aliphatic imine (C=N–C) groups is 1. The van der Waals surface area contributed by atoms with Crippen LogP contribution in [0.3, 0.4) is 0 Å². The predicted octanol–water partition coefficient (Wildman–Crippen LogP) is 5.75. The molecule has 24 heavy (non-hydrogen) atoms. The molecule has 1 N–H and O–H groups in total. The number of thiocarbonyl (C=S) groups is 1. The lowest BCUT2D eigenvalue weighted by Crippen LogP contribution is -2.22. The Hall–Kier alpha value is -1.37. The molecule has 2 aromatic carbocycles. The number of nitrogens with one attached hydrogen (secondary N) is 1. The van der Waals surface area contributed by atoms with Gasteiger partial charge in [0.25, 0.3) is 0 Å². The molecule has 7 heteroatoms. The van der Waals surface area contributed by atoms with Crippen molar-refractivity contribution in [2.75, 3.05) is 5.32 Å². The van der Waals surface area contributed by atoms with Gasteiger partial charge in [0.05, 0.1) is 16.3 Å². The maximum atomic E-state index is 14.4. The second kappa shape index (κ2) is 6.86. The zero-order valence-electron chi connectivity index (χ0n) is 12.5. The normalized spacial score (nSPS) is 17.0. The zero-order valence-corrected chi connectivity index (χ0v) is 15.7. The molecule has 0 fully saturated rings. The molecule has 3 rings (SSSR count). The van der Waals surface area contributed by atoms with Crippen molar-refractivity contribution in [2.24, 2.45) is 4.99 Å². The van der Waals surface area contributed by atoms with Crippen molar-refractivity contribution < 1.29 is 8.78 Å². The van der Waals surface area contributed by atoms with E-state index in [-0.39, 0.29) is 11.3 Å². The fraction of sp³-hybridized carbons (Fsp3) is 0.176. The van der Waals surface area contributed by atoms with Crippen molar-refractivity contribution in [3.05, 3.63) is 62.6 Å². The molecule has 0 spiro atoms. The highest BCUT2D eigenvalue weighted by atomic mass is 79.9. The molecule has 2 nitrogen and oxygen atoms in total. The Morgan fingerprint density at radius 2 is 1.88 bits per heavy atom. The number of rotatable bonds is 2. The van der Waals surface area contributed by atoms with Crippen LogP contribution in [0.2, 0.25) is 5.02 Å². The third-order valence-electron chi connectivity index (χ3n) is 3.76. The zero-order chi connectivity index (χ0) is 17.4. The molecular formula is C17H12BrClF2N2S. The molecule has 0 bridgehead atoms. The Balaban J connectivity index is 2.37. The average Bonchev–Trinajstić information content (AvgIpc) is 2.68. The highest BCUT2D eigenvalue weighted by Gasteiger charge is 2.28. The maximum absolute atomic E-state index is 14.4. The lowest BCUT2D eigenvalue weighted by molar-refractivity contribution is 0.579. The Labute approximate surface area is 157 Å². The SMILES string of the molecule is CC[C@@H]1N=C(c2c(F)cccc2F)c2c(ccc(Br)c2Cl)NC1=S. The van der Waals surface area contributed by atoms with E-state index in [1.165, 1.54) is 18.2 Å². The standard InChI is InChI=1S/C17H12BrClF2N2S/c1-2-11-17(24)23-12-7-6-8(18)15(19)14(12)16(22-11)13-9(20)4-3-5-10(13)21/h3-7,11H,2H2,1H3,(H,23,24)/t11-/m0/s1. The minimum absolute atomic E-state index is 0.158. The van der Waals surface area contributed by atoms with Crippen molar-refractivity contribution >= 4 is 56.1 Å². The Morgan fingerprint density at radius 1 is 1.21 bits per heavy atom. The second-order valence-corrected chi connectivity index (χ2v) is 6.94. The van der Waals surface area contributed by atoms with E-state index >= 15 is 0 Å². The van der Waals surface area contributed by atoms with Gasteiger partial charge in [-0.05, 0) is 46.6 Å². The van der Waals surface area contributed by atoms with Crippen molar-refractivity contribution in [2.45, 2.75) is 19.4 Å². The van der Waals surface area contributed by atoms with Gasteiger partial charge in [0.15, 0.2) is 0 Å². The largest absolute Gasteiger partial charge is 0.348 e. The average molecular weight is 430 g/mol. The first-order valence-corrected chi connectivity index (χ1v) is 8.83. The molecule has 1 atom stereocenters. The summed E-state index contributed by atoms with van der Waals surface area (Å²) >= 11 is 15.1. The number of hydrogen-bond acceptors (Lipinski definition) is 2. The Bertz CT molecular complexity index is 850. The fourth-order valence-electron chi connectivity index (χ4n) is 2.57. The summed E-state index contributed by atoms with van der Waals surface area (Å²) < 4.78 is 29.4. The van der Waals surface area contributed by atoms with Gasteiger partial charge < -0.3 is 5.32 Å². The van der Waals surface area contributed by atoms with E-state index in [1.54, 1.807) is 12.1 Å². The minimum atomic E-state index is -0.696. The van der Waals surface area contributed by atoms with Gasteiger partial charge in [-0.25, -0.2) is 8.78 Å². The van der Waals surface area contributed by atoms with Gasteiger partial charge >= 0.3 is 0 Å². The smallest absolute Gasteiger partial charge is 0.135 e. The van der Waals surface area contributed by atoms with Crippen LogP contribution in [0, 0.1) is 11.6 Å². The quantitative estimate of drug-likeness (QED) is 0.615. The highest BCUT2D eigenvalue weighted by molar-refractivity contribution is 9.10. The molecule has 0 aliphatic carbocycles. The first-order chi connectivity index (χ1) is 11.4. The van der Waals surface area contributed by atoms with Crippen LogP contribution in [0.4, 0.5) is 14.5 Å². The summed E-state index contributed by atoms with van der Waals surface area (Å²) in [6.45, 7) is 1.91. The van der Waals surface area contributed by atoms with E-state index in [9.17, 15) is 8.78 Å². The van der Waals surface area contributed by atoms with Crippen molar-refractivity contribution in [3.8, 4) is 0 Å². The van der Waals surface area contributed by atoms with E-state index in [2.05, 4.69) is 26.2 Å². The van der Waals surface area contributed by atoms with Gasteiger partial charge in [-0.15, -0.1) is 0 Å². The maximum Gasteiger partial charge on any atom is 0.135 e. The molecule has 0 unspecified atom stereocenters. The molecule has 0 amide bonds. The first kappa shape index (κ1) is 17.5. The lowest BCUT2D eigenvalue weighted by atomic mass is 9.99. The summed E-state index contributed by atoms with van der Waals surface area (Å²) in [6.07, 6.45) is 0.595. The number of benzodiazepines with no additional fused rings is 1. The van der Waals surface area contributed by atoms with E-state index in [4.69, 9.17) is 23.8 Å². The van der Waals surface area contributed by atoms with Gasteiger partial charge in [-0.3, -0.25) is 4.99 Å². The van der Waals surface area contributed by atoms with Crippen LogP contribution in [-0.2, 0) is 0 Å². The molecule has 2 aromatic rings. The van der Waals surface area contributed by atoms with E-state index in [0.29, 0.717) is 32.2 Å². The Morgan fingerprint density at radius 3 is 2.50 bits per heavy atom. The second-order valence-electron chi connectivity index (χ2n) is 5.27. The number of halogens is 4. The molecule has 1 aliphatic heterocycles.